The van der Waals surface area contributed by atoms with E-state index in [1.165, 1.54) is 0 Å². The third-order valence-corrected chi connectivity index (χ3v) is 6.20. The van der Waals surface area contributed by atoms with E-state index in [1.807, 2.05) is 31.2 Å². The molecule has 0 aliphatic rings. The van der Waals surface area contributed by atoms with Gasteiger partial charge in [0, 0.05) is 24.9 Å². The number of hydrogen-bond acceptors (Lipinski definition) is 5. The van der Waals surface area contributed by atoms with Crippen LogP contribution in [-0.2, 0) is 23.0 Å². The lowest BCUT2D eigenvalue weighted by Gasteiger charge is -2.10. The Labute approximate surface area is 160 Å². The van der Waals surface area contributed by atoms with Gasteiger partial charge in [0.25, 0.3) is 0 Å². The number of sulfonamides is 1. The topological polar surface area (TPSA) is 103 Å². The van der Waals surface area contributed by atoms with Gasteiger partial charge < -0.3 is 10.3 Å². The van der Waals surface area contributed by atoms with Gasteiger partial charge in [-0.15, -0.1) is 0 Å². The number of imidazole rings is 1. The predicted octanol–water partition coefficient (Wildman–Crippen LogP) is 2.84. The van der Waals surface area contributed by atoms with Crippen LogP contribution in [0.25, 0.3) is 21.9 Å². The Bertz CT molecular complexity index is 1040. The van der Waals surface area contributed by atoms with Crippen LogP contribution in [0.2, 0.25) is 0 Å². The third kappa shape index (κ3) is 4.22. The molecule has 0 spiro atoms. The summed E-state index contributed by atoms with van der Waals surface area (Å²) >= 11 is 0. The van der Waals surface area contributed by atoms with Crippen LogP contribution >= 0.6 is 0 Å². The maximum Gasteiger partial charge on any atom is 0.211 e. The normalized spacial score (nSPS) is 12.2. The number of fused-ring (bicyclic) bond motifs is 3. The van der Waals surface area contributed by atoms with Gasteiger partial charge >= 0.3 is 0 Å². The standard InChI is InChI=1S/C19H27N5O2S/c1-3-13-27(25,26)21-11-7-8-12-24-16(4-2)23-17-18(24)14-9-5-6-10-15(14)22-19(17)20/h5-6,9-10,21H,3-4,7-8,11-13H2,1-2H3,(H2,20,22). The fourth-order valence-corrected chi connectivity index (χ4v) is 4.52. The van der Waals surface area contributed by atoms with Gasteiger partial charge in [-0.3, -0.25) is 0 Å². The first kappa shape index (κ1) is 19.6. The molecule has 2 heterocycles. The quantitative estimate of drug-likeness (QED) is 0.548. The maximum absolute atomic E-state index is 11.7. The average molecular weight is 390 g/mol. The van der Waals surface area contributed by atoms with Crippen molar-refractivity contribution in [1.82, 2.24) is 19.3 Å². The lowest BCUT2D eigenvalue weighted by molar-refractivity contribution is 0.563. The van der Waals surface area contributed by atoms with Crippen LogP contribution in [0.3, 0.4) is 0 Å². The highest BCUT2D eigenvalue weighted by Gasteiger charge is 2.16. The second kappa shape index (κ2) is 8.22. The summed E-state index contributed by atoms with van der Waals surface area (Å²) in [6, 6.07) is 7.94. The van der Waals surface area contributed by atoms with Crippen LogP contribution in [-0.4, -0.2) is 35.3 Å². The molecule has 1 aromatic carbocycles. The molecule has 0 bridgehead atoms. The Morgan fingerprint density at radius 3 is 2.67 bits per heavy atom. The van der Waals surface area contributed by atoms with E-state index in [9.17, 15) is 8.42 Å². The van der Waals surface area contributed by atoms with Gasteiger partial charge in [-0.05, 0) is 25.3 Å². The van der Waals surface area contributed by atoms with Crippen LogP contribution in [0, 0.1) is 0 Å². The van der Waals surface area contributed by atoms with Gasteiger partial charge in [0.1, 0.15) is 11.3 Å². The number of para-hydroxylation sites is 1. The molecule has 0 radical (unpaired) electrons. The van der Waals surface area contributed by atoms with Crippen LogP contribution in [0.4, 0.5) is 5.82 Å². The number of benzene rings is 1. The minimum absolute atomic E-state index is 0.178. The predicted molar refractivity (Wildman–Crippen MR) is 110 cm³/mol. The Hall–Kier alpha value is -2.19. The molecule has 0 amide bonds. The number of anilines is 1. The van der Waals surface area contributed by atoms with E-state index in [4.69, 9.17) is 10.7 Å². The summed E-state index contributed by atoms with van der Waals surface area (Å²) in [6.07, 6.45) is 3.04. The fraction of sp³-hybridized carbons (Fsp3) is 0.474. The number of nitrogens with zero attached hydrogens (tertiary/aromatic N) is 3. The lowest BCUT2D eigenvalue weighted by Crippen LogP contribution is -2.27. The summed E-state index contributed by atoms with van der Waals surface area (Å²) < 4.78 is 28.3. The molecule has 0 unspecified atom stereocenters. The van der Waals surface area contributed by atoms with Gasteiger partial charge in [0.15, 0.2) is 5.82 Å². The second-order valence-electron chi connectivity index (χ2n) is 6.66. The van der Waals surface area contributed by atoms with E-state index in [-0.39, 0.29) is 5.75 Å². The highest BCUT2D eigenvalue weighted by Crippen LogP contribution is 2.29. The number of aromatic nitrogens is 3. The number of hydrogen-bond donors (Lipinski definition) is 2. The Morgan fingerprint density at radius 2 is 1.93 bits per heavy atom. The molecule has 0 saturated carbocycles. The van der Waals surface area contributed by atoms with Gasteiger partial charge in [-0.2, -0.15) is 0 Å². The minimum Gasteiger partial charge on any atom is -0.382 e. The van der Waals surface area contributed by atoms with E-state index in [0.717, 1.165) is 53.6 Å². The molecule has 7 nitrogen and oxygen atoms in total. The summed E-state index contributed by atoms with van der Waals surface area (Å²) in [5, 5.41) is 1.04. The molecule has 3 N–H and O–H groups in total. The van der Waals surface area contributed by atoms with Crippen molar-refractivity contribution in [2.24, 2.45) is 0 Å². The van der Waals surface area contributed by atoms with Gasteiger partial charge in [-0.25, -0.2) is 23.1 Å². The number of aryl methyl sites for hydroxylation is 2. The van der Waals surface area contributed by atoms with E-state index in [2.05, 4.69) is 21.2 Å². The second-order valence-corrected chi connectivity index (χ2v) is 8.59. The number of nitrogens with two attached hydrogens (primary N) is 1. The summed E-state index contributed by atoms with van der Waals surface area (Å²) in [5.41, 5.74) is 8.77. The van der Waals surface area contributed by atoms with E-state index in [1.54, 1.807) is 0 Å². The number of unbranched alkanes of at least 4 members (excludes halogenated alkanes) is 1. The smallest absolute Gasteiger partial charge is 0.211 e. The summed E-state index contributed by atoms with van der Waals surface area (Å²) in [7, 11) is -3.14. The largest absolute Gasteiger partial charge is 0.382 e. The first-order valence-corrected chi connectivity index (χ1v) is 11.1. The zero-order valence-corrected chi connectivity index (χ0v) is 16.7. The summed E-state index contributed by atoms with van der Waals surface area (Å²) in [6.45, 7) is 5.16. The molecular weight excluding hydrogens is 362 g/mol. The van der Waals surface area contributed by atoms with Crippen LogP contribution in [0.15, 0.2) is 24.3 Å². The molecule has 3 aromatic rings. The molecule has 2 aromatic heterocycles. The average Bonchev–Trinajstić information content (AvgIpc) is 3.01. The first-order chi connectivity index (χ1) is 13.0. The molecule has 146 valence electrons. The third-order valence-electron chi connectivity index (χ3n) is 4.61. The molecular formula is C19H27N5O2S. The molecule has 0 fully saturated rings. The van der Waals surface area contributed by atoms with Gasteiger partial charge in [-0.1, -0.05) is 32.0 Å². The Kier molecular flexibility index (Phi) is 5.96. The highest BCUT2D eigenvalue weighted by atomic mass is 32.2. The van der Waals surface area contributed by atoms with E-state index in [0.29, 0.717) is 18.8 Å². The van der Waals surface area contributed by atoms with Crippen molar-refractivity contribution >= 4 is 37.8 Å². The van der Waals surface area contributed by atoms with Crippen molar-refractivity contribution < 1.29 is 8.42 Å². The number of nitrogen functional groups attached to an aromatic ring is 1. The highest BCUT2D eigenvalue weighted by molar-refractivity contribution is 7.89. The SMILES string of the molecule is CCCS(=O)(=O)NCCCCn1c(CC)nc2c(N)nc3ccccc3c21. The molecule has 0 atom stereocenters. The zero-order valence-electron chi connectivity index (χ0n) is 15.9. The number of nitrogens with one attached hydrogen (secondary N) is 1. The van der Waals surface area contributed by atoms with Crippen molar-refractivity contribution in [3.05, 3.63) is 30.1 Å². The van der Waals surface area contributed by atoms with Crippen molar-refractivity contribution in [1.29, 1.82) is 0 Å². The summed E-state index contributed by atoms with van der Waals surface area (Å²) in [4.78, 5) is 9.18. The van der Waals surface area contributed by atoms with Crippen molar-refractivity contribution in [2.75, 3.05) is 18.0 Å². The Balaban J connectivity index is 1.82. The van der Waals surface area contributed by atoms with Crippen molar-refractivity contribution in [2.45, 2.75) is 46.1 Å². The molecule has 8 heteroatoms. The van der Waals surface area contributed by atoms with Gasteiger partial charge in [0.05, 0.1) is 16.8 Å². The van der Waals surface area contributed by atoms with E-state index >= 15 is 0 Å². The lowest BCUT2D eigenvalue weighted by atomic mass is 10.2. The first-order valence-electron chi connectivity index (χ1n) is 9.47. The number of pyridine rings is 1. The zero-order chi connectivity index (χ0) is 19.4. The maximum atomic E-state index is 11.7. The Morgan fingerprint density at radius 1 is 1.15 bits per heavy atom. The van der Waals surface area contributed by atoms with Crippen LogP contribution < -0.4 is 10.5 Å². The monoisotopic (exact) mass is 389 g/mol. The van der Waals surface area contributed by atoms with E-state index < -0.39 is 10.0 Å². The molecule has 0 saturated heterocycles. The fourth-order valence-electron chi connectivity index (χ4n) is 3.38. The van der Waals surface area contributed by atoms with Crippen molar-refractivity contribution in [3.8, 4) is 0 Å². The minimum atomic E-state index is -3.14. The molecule has 0 aliphatic carbocycles. The van der Waals surface area contributed by atoms with Crippen molar-refractivity contribution in [3.63, 3.8) is 0 Å². The molecule has 27 heavy (non-hydrogen) atoms. The van der Waals surface area contributed by atoms with Crippen LogP contribution in [0.5, 0.6) is 0 Å². The van der Waals surface area contributed by atoms with Crippen LogP contribution in [0.1, 0.15) is 38.9 Å². The van der Waals surface area contributed by atoms with Gasteiger partial charge in [0.2, 0.25) is 10.0 Å². The molecule has 0 aliphatic heterocycles. The summed E-state index contributed by atoms with van der Waals surface area (Å²) in [5.74, 6) is 1.60. The number of rotatable bonds is 9. The molecule has 3 rings (SSSR count).